The summed E-state index contributed by atoms with van der Waals surface area (Å²) in [5.41, 5.74) is -1.07. The summed E-state index contributed by atoms with van der Waals surface area (Å²) in [7, 11) is 3.09. The van der Waals surface area contributed by atoms with Crippen molar-refractivity contribution < 1.29 is 23.0 Å². The Labute approximate surface area is 167 Å². The summed E-state index contributed by atoms with van der Waals surface area (Å²) in [6.45, 7) is -0.222. The monoisotopic (exact) mass is 422 g/mol. The van der Waals surface area contributed by atoms with Gasteiger partial charge in [-0.3, -0.25) is 4.68 Å². The van der Waals surface area contributed by atoms with Crippen LogP contribution in [0.3, 0.4) is 0 Å². The Morgan fingerprint density at radius 1 is 1.21 bits per heavy atom. The van der Waals surface area contributed by atoms with Gasteiger partial charge in [-0.1, -0.05) is 0 Å². The minimum Gasteiger partial charge on any atom is -0.385 e. The highest BCUT2D eigenvalue weighted by Crippen LogP contribution is 2.45. The summed E-state index contributed by atoms with van der Waals surface area (Å²) < 4.78 is 47.2. The maximum Gasteiger partial charge on any atom is 0.422 e. The van der Waals surface area contributed by atoms with Crippen molar-refractivity contribution in [1.29, 1.82) is 0 Å². The molecule has 0 amide bonds. The Kier molecular flexibility index (Phi) is 4.80. The minimum atomic E-state index is -4.83. The van der Waals surface area contributed by atoms with Crippen LogP contribution in [0, 0.1) is 0 Å². The normalized spacial score (nSPS) is 14.6. The minimum absolute atomic E-state index is 0.206. The van der Waals surface area contributed by atoms with Gasteiger partial charge in [0.15, 0.2) is 11.2 Å². The van der Waals surface area contributed by atoms with E-state index in [0.29, 0.717) is 21.6 Å². The predicted molar refractivity (Wildman–Crippen MR) is 104 cm³/mol. The number of alkyl halides is 3. The summed E-state index contributed by atoms with van der Waals surface area (Å²) in [4.78, 5) is 9.00. The van der Waals surface area contributed by atoms with Crippen LogP contribution in [0.4, 0.5) is 13.2 Å². The fourth-order valence-corrected chi connectivity index (χ4v) is 4.28. The standard InChI is InChI=1S/C19H17F3N4O2S/c1-26-10-13-7-12(9-23-16(13)25-26)14-4-3-11-8-15(29-17(11)24-14)18(27,5-6-28-2)19(20,21)22/h3-4,7-10,27H,5-6H2,1-2H3. The first kappa shape index (κ1) is 19.7. The number of ether oxygens (including phenoxy) is 1. The molecule has 0 radical (unpaired) electrons. The first-order valence-corrected chi connectivity index (χ1v) is 9.52. The van der Waals surface area contributed by atoms with Crippen molar-refractivity contribution in [3.8, 4) is 11.3 Å². The third kappa shape index (κ3) is 3.47. The zero-order valence-corrected chi connectivity index (χ0v) is 16.4. The van der Waals surface area contributed by atoms with Gasteiger partial charge in [0.1, 0.15) is 4.83 Å². The topological polar surface area (TPSA) is 73.1 Å². The quantitative estimate of drug-likeness (QED) is 0.526. The molecule has 1 unspecified atom stereocenters. The van der Waals surface area contributed by atoms with E-state index < -0.39 is 18.2 Å². The van der Waals surface area contributed by atoms with Gasteiger partial charge in [0.2, 0.25) is 0 Å². The zero-order chi connectivity index (χ0) is 20.8. The van der Waals surface area contributed by atoms with Crippen LogP contribution in [0.15, 0.2) is 36.7 Å². The molecule has 0 aliphatic heterocycles. The maximum atomic E-state index is 13.6. The van der Waals surface area contributed by atoms with Crippen LogP contribution in [-0.4, -0.2) is 44.7 Å². The number of nitrogens with zero attached hydrogens (tertiary/aromatic N) is 4. The molecule has 0 aromatic carbocycles. The van der Waals surface area contributed by atoms with E-state index in [9.17, 15) is 18.3 Å². The number of aryl methyl sites for hydroxylation is 1. The van der Waals surface area contributed by atoms with Crippen molar-refractivity contribution >= 4 is 32.6 Å². The third-order valence-corrected chi connectivity index (χ3v) is 5.89. The first-order chi connectivity index (χ1) is 13.7. The summed E-state index contributed by atoms with van der Waals surface area (Å²) in [5.74, 6) is 0. The van der Waals surface area contributed by atoms with E-state index in [1.54, 1.807) is 30.1 Å². The van der Waals surface area contributed by atoms with E-state index in [1.165, 1.54) is 13.2 Å². The van der Waals surface area contributed by atoms with Gasteiger partial charge in [0, 0.05) is 60.8 Å². The molecule has 0 saturated heterocycles. The van der Waals surface area contributed by atoms with Gasteiger partial charge < -0.3 is 9.84 Å². The number of hydrogen-bond acceptors (Lipinski definition) is 6. The number of hydrogen-bond donors (Lipinski definition) is 1. The molecule has 4 heterocycles. The molecule has 4 aromatic rings. The number of halogens is 3. The number of aliphatic hydroxyl groups is 1. The van der Waals surface area contributed by atoms with Crippen LogP contribution in [0.2, 0.25) is 0 Å². The largest absolute Gasteiger partial charge is 0.422 e. The molecule has 152 valence electrons. The highest BCUT2D eigenvalue weighted by atomic mass is 32.1. The van der Waals surface area contributed by atoms with Gasteiger partial charge in [0.25, 0.3) is 0 Å². The molecular weight excluding hydrogens is 405 g/mol. The van der Waals surface area contributed by atoms with Gasteiger partial charge in [-0.15, -0.1) is 11.3 Å². The van der Waals surface area contributed by atoms with Crippen molar-refractivity contribution in [2.75, 3.05) is 13.7 Å². The molecule has 4 rings (SSSR count). The lowest BCUT2D eigenvalue weighted by Crippen LogP contribution is -2.42. The highest BCUT2D eigenvalue weighted by molar-refractivity contribution is 7.18. The van der Waals surface area contributed by atoms with Crippen LogP contribution in [0.5, 0.6) is 0 Å². The van der Waals surface area contributed by atoms with Crippen LogP contribution in [-0.2, 0) is 17.4 Å². The van der Waals surface area contributed by atoms with Crippen LogP contribution in [0.25, 0.3) is 32.5 Å². The van der Waals surface area contributed by atoms with E-state index in [0.717, 1.165) is 22.3 Å². The molecule has 4 aromatic heterocycles. The maximum absolute atomic E-state index is 13.6. The molecule has 6 nitrogen and oxygen atoms in total. The summed E-state index contributed by atoms with van der Waals surface area (Å²) in [5, 5.41) is 16.0. The average Bonchev–Trinajstić information content (AvgIpc) is 3.26. The zero-order valence-electron chi connectivity index (χ0n) is 15.6. The Bertz CT molecular complexity index is 1190. The lowest BCUT2D eigenvalue weighted by Gasteiger charge is -2.29. The number of rotatable bonds is 5. The van der Waals surface area contributed by atoms with Crippen molar-refractivity contribution in [2.24, 2.45) is 7.05 Å². The Morgan fingerprint density at radius 3 is 2.72 bits per heavy atom. The summed E-state index contributed by atoms with van der Waals surface area (Å²) in [6, 6.07) is 6.63. The number of pyridine rings is 2. The lowest BCUT2D eigenvalue weighted by atomic mass is 9.97. The summed E-state index contributed by atoms with van der Waals surface area (Å²) in [6.07, 6.45) is -1.96. The lowest BCUT2D eigenvalue weighted by molar-refractivity contribution is -0.270. The Hall–Kier alpha value is -2.56. The molecule has 0 saturated carbocycles. The van der Waals surface area contributed by atoms with Crippen LogP contribution >= 0.6 is 11.3 Å². The molecule has 0 aliphatic carbocycles. The second kappa shape index (κ2) is 7.05. The first-order valence-electron chi connectivity index (χ1n) is 8.70. The molecular formula is C19H17F3N4O2S. The Balaban J connectivity index is 1.76. The third-order valence-electron chi connectivity index (χ3n) is 4.70. The predicted octanol–water partition coefficient (Wildman–Crippen LogP) is 4.03. The fourth-order valence-electron chi connectivity index (χ4n) is 3.11. The number of aromatic nitrogens is 4. The molecule has 29 heavy (non-hydrogen) atoms. The van der Waals surface area contributed by atoms with Gasteiger partial charge in [0.05, 0.1) is 5.69 Å². The van der Waals surface area contributed by atoms with E-state index in [-0.39, 0.29) is 11.5 Å². The average molecular weight is 422 g/mol. The van der Waals surface area contributed by atoms with Gasteiger partial charge in [-0.25, -0.2) is 9.97 Å². The van der Waals surface area contributed by atoms with E-state index in [4.69, 9.17) is 4.74 Å². The highest BCUT2D eigenvalue weighted by Gasteiger charge is 2.55. The van der Waals surface area contributed by atoms with Gasteiger partial charge in [-0.05, 0) is 24.3 Å². The molecule has 1 atom stereocenters. The van der Waals surface area contributed by atoms with E-state index in [1.807, 2.05) is 12.3 Å². The Morgan fingerprint density at radius 2 is 2.00 bits per heavy atom. The molecule has 10 heteroatoms. The van der Waals surface area contributed by atoms with Crippen LogP contribution in [0.1, 0.15) is 11.3 Å². The van der Waals surface area contributed by atoms with Crippen LogP contribution < -0.4 is 0 Å². The van der Waals surface area contributed by atoms with Crippen molar-refractivity contribution in [3.63, 3.8) is 0 Å². The number of methoxy groups -OCH3 is 1. The second-order valence-corrected chi connectivity index (χ2v) is 7.77. The molecule has 1 N–H and O–H groups in total. The van der Waals surface area contributed by atoms with Gasteiger partial charge >= 0.3 is 6.18 Å². The summed E-state index contributed by atoms with van der Waals surface area (Å²) >= 11 is 0.825. The molecule has 0 spiro atoms. The van der Waals surface area contributed by atoms with Crippen molar-refractivity contribution in [2.45, 2.75) is 18.2 Å². The molecule has 0 aliphatic rings. The van der Waals surface area contributed by atoms with Crippen molar-refractivity contribution in [3.05, 3.63) is 41.5 Å². The van der Waals surface area contributed by atoms with E-state index >= 15 is 0 Å². The SMILES string of the molecule is COCCC(O)(c1cc2ccc(-c3cnc4nn(C)cc4c3)nc2s1)C(F)(F)F. The van der Waals surface area contributed by atoms with E-state index in [2.05, 4.69) is 15.1 Å². The smallest absolute Gasteiger partial charge is 0.385 e. The molecule has 0 fully saturated rings. The number of fused-ring (bicyclic) bond motifs is 2. The van der Waals surface area contributed by atoms with Gasteiger partial charge in [-0.2, -0.15) is 18.3 Å². The van der Waals surface area contributed by atoms with Crippen molar-refractivity contribution in [1.82, 2.24) is 19.7 Å². The fraction of sp³-hybridized carbons (Fsp3) is 0.316. The second-order valence-electron chi connectivity index (χ2n) is 6.74. The number of thiophene rings is 1. The molecule has 0 bridgehead atoms.